The van der Waals surface area contributed by atoms with Crippen molar-refractivity contribution in [2.45, 2.75) is 39.2 Å². The van der Waals surface area contributed by atoms with Gasteiger partial charge in [-0.1, -0.05) is 13.8 Å². The summed E-state index contributed by atoms with van der Waals surface area (Å²) in [4.78, 5) is 10.2. The van der Waals surface area contributed by atoms with Crippen molar-refractivity contribution in [1.82, 2.24) is 9.97 Å². The van der Waals surface area contributed by atoms with Gasteiger partial charge in [0.1, 0.15) is 10.6 Å². The molecule has 2 N–H and O–H groups in total. The summed E-state index contributed by atoms with van der Waals surface area (Å²) in [5.74, 6) is 3.22. The molecule has 1 aliphatic rings. The van der Waals surface area contributed by atoms with E-state index in [1.807, 2.05) is 7.05 Å². The van der Waals surface area contributed by atoms with Crippen LogP contribution in [0.4, 0.5) is 11.8 Å². The van der Waals surface area contributed by atoms with Crippen LogP contribution in [0.5, 0.6) is 0 Å². The molecule has 20 heavy (non-hydrogen) atoms. The van der Waals surface area contributed by atoms with E-state index in [4.69, 9.17) is 0 Å². The summed E-state index contributed by atoms with van der Waals surface area (Å²) < 4.78 is 0. The Balaban J connectivity index is 1.88. The third kappa shape index (κ3) is 2.59. The Kier molecular flexibility index (Phi) is 3.78. The van der Waals surface area contributed by atoms with Gasteiger partial charge in [0, 0.05) is 13.1 Å². The van der Waals surface area contributed by atoms with Gasteiger partial charge in [0.05, 0.1) is 5.39 Å². The van der Waals surface area contributed by atoms with E-state index < -0.39 is 0 Å². The maximum atomic E-state index is 4.61. The SMILES string of the molecule is CNc1nc(NC2CCC(C)CC2C)c2ccsc2n1. The zero-order chi connectivity index (χ0) is 14.1. The van der Waals surface area contributed by atoms with E-state index in [0.29, 0.717) is 17.9 Å². The molecule has 0 radical (unpaired) electrons. The van der Waals surface area contributed by atoms with Crippen LogP contribution in [0.15, 0.2) is 11.4 Å². The van der Waals surface area contributed by atoms with Crippen LogP contribution in [-0.2, 0) is 0 Å². The van der Waals surface area contributed by atoms with Crippen molar-refractivity contribution in [3.63, 3.8) is 0 Å². The van der Waals surface area contributed by atoms with E-state index in [-0.39, 0.29) is 0 Å². The number of hydrogen-bond donors (Lipinski definition) is 2. The highest BCUT2D eigenvalue weighted by molar-refractivity contribution is 7.16. The Morgan fingerprint density at radius 1 is 1.25 bits per heavy atom. The number of thiophene rings is 1. The van der Waals surface area contributed by atoms with Crippen molar-refractivity contribution in [3.8, 4) is 0 Å². The molecule has 5 heteroatoms. The molecule has 3 rings (SSSR count). The lowest BCUT2D eigenvalue weighted by molar-refractivity contribution is 0.276. The number of fused-ring (bicyclic) bond motifs is 1. The van der Waals surface area contributed by atoms with Crippen LogP contribution in [0, 0.1) is 11.8 Å². The molecule has 0 aliphatic heterocycles. The highest BCUT2D eigenvalue weighted by Gasteiger charge is 2.26. The average molecular weight is 290 g/mol. The van der Waals surface area contributed by atoms with Gasteiger partial charge in [-0.25, -0.2) is 4.98 Å². The lowest BCUT2D eigenvalue weighted by Crippen LogP contribution is -2.33. The number of rotatable bonds is 3. The monoisotopic (exact) mass is 290 g/mol. The summed E-state index contributed by atoms with van der Waals surface area (Å²) in [6, 6.07) is 2.63. The molecule has 0 bridgehead atoms. The zero-order valence-electron chi connectivity index (χ0n) is 12.3. The van der Waals surface area contributed by atoms with Crippen molar-refractivity contribution in [3.05, 3.63) is 11.4 Å². The highest BCUT2D eigenvalue weighted by atomic mass is 32.1. The van der Waals surface area contributed by atoms with Gasteiger partial charge in [0.2, 0.25) is 5.95 Å². The van der Waals surface area contributed by atoms with Crippen LogP contribution in [-0.4, -0.2) is 23.1 Å². The fourth-order valence-corrected chi connectivity index (χ4v) is 3.90. The molecule has 0 amide bonds. The van der Waals surface area contributed by atoms with Crippen LogP contribution in [0.25, 0.3) is 10.2 Å². The first-order valence-electron chi connectivity index (χ1n) is 7.37. The summed E-state index contributed by atoms with van der Waals surface area (Å²) in [5, 5.41) is 9.94. The lowest BCUT2D eigenvalue weighted by Gasteiger charge is -2.33. The first kappa shape index (κ1) is 13.6. The van der Waals surface area contributed by atoms with Gasteiger partial charge in [0.25, 0.3) is 0 Å². The second-order valence-electron chi connectivity index (χ2n) is 5.93. The standard InChI is InChI=1S/C15H22N4S/c1-9-4-5-12(10(2)8-9)17-13-11-6-7-20-14(11)19-15(16-3)18-13/h6-7,9-10,12H,4-5,8H2,1-3H3,(H2,16,17,18,19). The number of nitrogens with zero attached hydrogens (tertiary/aromatic N) is 2. The average Bonchev–Trinajstić information content (AvgIpc) is 2.90. The molecule has 0 spiro atoms. The fraction of sp³-hybridized carbons (Fsp3) is 0.600. The summed E-state index contributed by atoms with van der Waals surface area (Å²) in [6.45, 7) is 4.70. The van der Waals surface area contributed by atoms with Crippen LogP contribution in [0.3, 0.4) is 0 Å². The molecule has 4 nitrogen and oxygen atoms in total. The molecular formula is C15H22N4S. The molecule has 2 heterocycles. The first-order chi connectivity index (χ1) is 9.67. The Morgan fingerprint density at radius 2 is 2.10 bits per heavy atom. The van der Waals surface area contributed by atoms with Gasteiger partial charge in [-0.2, -0.15) is 4.98 Å². The highest BCUT2D eigenvalue weighted by Crippen LogP contribution is 2.33. The van der Waals surface area contributed by atoms with Gasteiger partial charge >= 0.3 is 0 Å². The van der Waals surface area contributed by atoms with Crippen LogP contribution in [0.1, 0.15) is 33.1 Å². The molecule has 0 saturated heterocycles. The van der Waals surface area contributed by atoms with E-state index in [0.717, 1.165) is 22.0 Å². The van der Waals surface area contributed by atoms with Crippen molar-refractivity contribution in [2.24, 2.45) is 11.8 Å². The number of aromatic nitrogens is 2. The molecular weight excluding hydrogens is 268 g/mol. The number of hydrogen-bond acceptors (Lipinski definition) is 5. The summed E-state index contributed by atoms with van der Waals surface area (Å²) in [6.07, 6.45) is 3.83. The van der Waals surface area contributed by atoms with Gasteiger partial charge in [0.15, 0.2) is 0 Å². The van der Waals surface area contributed by atoms with E-state index >= 15 is 0 Å². The van der Waals surface area contributed by atoms with Crippen LogP contribution in [0.2, 0.25) is 0 Å². The minimum absolute atomic E-state index is 0.522. The minimum Gasteiger partial charge on any atom is -0.366 e. The quantitative estimate of drug-likeness (QED) is 0.898. The van der Waals surface area contributed by atoms with Gasteiger partial charge in [-0.3, -0.25) is 0 Å². The predicted octanol–water partition coefficient (Wildman–Crippen LogP) is 3.97. The molecule has 3 atom stereocenters. The maximum absolute atomic E-state index is 4.61. The van der Waals surface area contributed by atoms with Gasteiger partial charge in [-0.05, 0) is 42.5 Å². The zero-order valence-corrected chi connectivity index (χ0v) is 13.1. The predicted molar refractivity (Wildman–Crippen MR) is 86.6 cm³/mol. The van der Waals surface area contributed by atoms with Crippen molar-refractivity contribution < 1.29 is 0 Å². The Labute approximate surface area is 124 Å². The van der Waals surface area contributed by atoms with E-state index in [1.165, 1.54) is 19.3 Å². The topological polar surface area (TPSA) is 49.8 Å². The van der Waals surface area contributed by atoms with E-state index in [1.54, 1.807) is 11.3 Å². The maximum Gasteiger partial charge on any atom is 0.225 e. The third-order valence-electron chi connectivity index (χ3n) is 4.30. The van der Waals surface area contributed by atoms with Crippen molar-refractivity contribution in [2.75, 3.05) is 17.7 Å². The second kappa shape index (κ2) is 5.56. The normalized spacial score (nSPS) is 26.6. The summed E-state index contributed by atoms with van der Waals surface area (Å²) >= 11 is 1.66. The third-order valence-corrected chi connectivity index (χ3v) is 5.11. The molecule has 1 aliphatic carbocycles. The summed E-state index contributed by atoms with van der Waals surface area (Å²) in [7, 11) is 1.86. The van der Waals surface area contributed by atoms with Gasteiger partial charge in [-0.15, -0.1) is 11.3 Å². The Morgan fingerprint density at radius 3 is 2.85 bits per heavy atom. The van der Waals surface area contributed by atoms with E-state index in [9.17, 15) is 0 Å². The number of anilines is 2. The summed E-state index contributed by atoms with van der Waals surface area (Å²) in [5.41, 5.74) is 0. The largest absolute Gasteiger partial charge is 0.366 e. The fourth-order valence-electron chi connectivity index (χ4n) is 3.13. The van der Waals surface area contributed by atoms with Crippen LogP contribution < -0.4 is 10.6 Å². The van der Waals surface area contributed by atoms with Crippen molar-refractivity contribution >= 4 is 33.3 Å². The molecule has 1 saturated carbocycles. The smallest absolute Gasteiger partial charge is 0.225 e. The Bertz CT molecular complexity index is 595. The molecule has 0 aromatic carbocycles. The van der Waals surface area contributed by atoms with Gasteiger partial charge < -0.3 is 10.6 Å². The first-order valence-corrected chi connectivity index (χ1v) is 8.25. The molecule has 2 aromatic rings. The number of nitrogens with one attached hydrogen (secondary N) is 2. The molecule has 108 valence electrons. The minimum atomic E-state index is 0.522. The van der Waals surface area contributed by atoms with Crippen LogP contribution >= 0.6 is 11.3 Å². The Hall–Kier alpha value is -1.36. The second-order valence-corrected chi connectivity index (χ2v) is 6.83. The van der Waals surface area contributed by atoms with Crippen molar-refractivity contribution in [1.29, 1.82) is 0 Å². The van der Waals surface area contributed by atoms with E-state index in [2.05, 4.69) is 45.9 Å². The molecule has 1 fully saturated rings. The lowest BCUT2D eigenvalue weighted by atomic mass is 9.80. The molecule has 2 aromatic heterocycles. The molecule has 3 unspecified atom stereocenters.